The highest BCUT2D eigenvalue weighted by atomic mass is 127. The van der Waals surface area contributed by atoms with E-state index in [1.54, 1.807) is 39.3 Å². The zero-order chi connectivity index (χ0) is 21.4. The molecule has 30 heavy (non-hydrogen) atoms. The number of guanidine groups is 1. The van der Waals surface area contributed by atoms with Crippen molar-refractivity contribution in [2.45, 2.75) is 25.7 Å². The highest BCUT2D eigenvalue weighted by molar-refractivity contribution is 14.0. The summed E-state index contributed by atoms with van der Waals surface area (Å²) < 4.78 is 38.0. The largest absolute Gasteiger partial charge is 0.493 e. The number of hydrogen-bond acceptors (Lipinski definition) is 6. The summed E-state index contributed by atoms with van der Waals surface area (Å²) in [4.78, 5) is 6.51. The van der Waals surface area contributed by atoms with E-state index in [0.29, 0.717) is 28.9 Å². The van der Waals surface area contributed by atoms with Gasteiger partial charge in [0, 0.05) is 34.6 Å². The predicted molar refractivity (Wildman–Crippen MR) is 134 cm³/mol. The SMILES string of the molecule is CCNC(=NCCNS(=O)(=O)c1cc(C)sc1C)Nc1ccc(OC)c(OC)c1.I. The molecule has 0 saturated heterocycles. The van der Waals surface area contributed by atoms with Gasteiger partial charge in [-0.2, -0.15) is 0 Å². The van der Waals surface area contributed by atoms with Crippen molar-refractivity contribution >= 4 is 57.0 Å². The molecule has 2 aromatic rings. The number of benzene rings is 1. The molecule has 1 heterocycles. The molecule has 0 unspecified atom stereocenters. The Kier molecular flexibility index (Phi) is 10.9. The van der Waals surface area contributed by atoms with Crippen molar-refractivity contribution in [3.8, 4) is 11.5 Å². The van der Waals surface area contributed by atoms with Gasteiger partial charge in [0.05, 0.1) is 25.7 Å². The number of rotatable bonds is 9. The molecule has 1 aromatic carbocycles. The fourth-order valence-electron chi connectivity index (χ4n) is 2.66. The van der Waals surface area contributed by atoms with Gasteiger partial charge in [-0.05, 0) is 39.0 Å². The van der Waals surface area contributed by atoms with Gasteiger partial charge in [-0.25, -0.2) is 13.1 Å². The number of anilines is 1. The Morgan fingerprint density at radius 1 is 1.13 bits per heavy atom. The van der Waals surface area contributed by atoms with Crippen molar-refractivity contribution in [3.05, 3.63) is 34.0 Å². The summed E-state index contributed by atoms with van der Waals surface area (Å²) in [5.41, 5.74) is 0.771. The van der Waals surface area contributed by atoms with Gasteiger partial charge in [0.15, 0.2) is 17.5 Å². The van der Waals surface area contributed by atoms with Crippen LogP contribution in [0.4, 0.5) is 5.69 Å². The Morgan fingerprint density at radius 3 is 2.40 bits per heavy atom. The summed E-state index contributed by atoms with van der Waals surface area (Å²) in [6, 6.07) is 7.13. The maximum atomic E-state index is 12.4. The number of halogens is 1. The minimum atomic E-state index is -3.54. The monoisotopic (exact) mass is 568 g/mol. The zero-order valence-electron chi connectivity index (χ0n) is 17.7. The first-order valence-electron chi connectivity index (χ1n) is 9.14. The van der Waals surface area contributed by atoms with Gasteiger partial charge in [0.2, 0.25) is 10.0 Å². The molecule has 0 saturated carbocycles. The molecule has 0 spiro atoms. The number of sulfonamides is 1. The van der Waals surface area contributed by atoms with Crippen LogP contribution in [0, 0.1) is 13.8 Å². The predicted octanol–water partition coefficient (Wildman–Crippen LogP) is 3.36. The zero-order valence-corrected chi connectivity index (χ0v) is 21.7. The minimum Gasteiger partial charge on any atom is -0.493 e. The molecule has 0 aliphatic heterocycles. The summed E-state index contributed by atoms with van der Waals surface area (Å²) >= 11 is 1.47. The van der Waals surface area contributed by atoms with Crippen molar-refractivity contribution in [2.75, 3.05) is 39.2 Å². The van der Waals surface area contributed by atoms with Crippen LogP contribution in [0.5, 0.6) is 11.5 Å². The van der Waals surface area contributed by atoms with Crippen molar-refractivity contribution < 1.29 is 17.9 Å². The van der Waals surface area contributed by atoms with E-state index in [0.717, 1.165) is 15.4 Å². The third kappa shape index (κ3) is 7.29. The molecular formula is C19H29IN4O4S2. The molecule has 8 nitrogen and oxygen atoms in total. The Morgan fingerprint density at radius 2 is 1.83 bits per heavy atom. The Bertz CT molecular complexity index is 961. The molecule has 0 amide bonds. The maximum absolute atomic E-state index is 12.4. The van der Waals surface area contributed by atoms with Gasteiger partial charge in [-0.3, -0.25) is 4.99 Å². The van der Waals surface area contributed by atoms with Crippen molar-refractivity contribution in [2.24, 2.45) is 4.99 Å². The molecule has 0 aliphatic rings. The van der Waals surface area contributed by atoms with Gasteiger partial charge in [0.25, 0.3) is 0 Å². The molecule has 2 rings (SSSR count). The van der Waals surface area contributed by atoms with Gasteiger partial charge >= 0.3 is 0 Å². The van der Waals surface area contributed by atoms with E-state index in [4.69, 9.17) is 9.47 Å². The van der Waals surface area contributed by atoms with Crippen LogP contribution < -0.4 is 24.8 Å². The fourth-order valence-corrected chi connectivity index (χ4v) is 5.23. The number of nitrogens with one attached hydrogen (secondary N) is 3. The van der Waals surface area contributed by atoms with Gasteiger partial charge in [0.1, 0.15) is 0 Å². The first-order chi connectivity index (χ1) is 13.8. The highest BCUT2D eigenvalue weighted by Gasteiger charge is 2.18. The third-order valence-corrected chi connectivity index (χ3v) is 6.63. The van der Waals surface area contributed by atoms with E-state index in [1.165, 1.54) is 11.3 Å². The molecule has 0 fully saturated rings. The Balaban J connectivity index is 0.00000450. The van der Waals surface area contributed by atoms with E-state index in [-0.39, 0.29) is 37.1 Å². The van der Waals surface area contributed by atoms with Crippen LogP contribution in [0.2, 0.25) is 0 Å². The minimum absolute atomic E-state index is 0. The summed E-state index contributed by atoms with van der Waals surface area (Å²) in [5.74, 6) is 1.78. The van der Waals surface area contributed by atoms with E-state index < -0.39 is 10.0 Å². The van der Waals surface area contributed by atoms with Crippen LogP contribution in [0.1, 0.15) is 16.7 Å². The number of hydrogen-bond donors (Lipinski definition) is 3. The van der Waals surface area contributed by atoms with Crippen LogP contribution in [-0.2, 0) is 10.0 Å². The van der Waals surface area contributed by atoms with Crippen LogP contribution in [-0.4, -0.2) is 48.2 Å². The second-order valence-electron chi connectivity index (χ2n) is 6.13. The highest BCUT2D eigenvalue weighted by Crippen LogP contribution is 2.29. The average Bonchev–Trinajstić information content (AvgIpc) is 3.04. The lowest BCUT2D eigenvalue weighted by atomic mass is 10.3. The molecule has 1 aromatic heterocycles. The van der Waals surface area contributed by atoms with Crippen molar-refractivity contribution in [3.63, 3.8) is 0 Å². The van der Waals surface area contributed by atoms with Gasteiger partial charge in [-0.15, -0.1) is 35.3 Å². The summed E-state index contributed by atoms with van der Waals surface area (Å²) in [6.07, 6.45) is 0. The molecule has 0 radical (unpaired) electrons. The van der Waals surface area contributed by atoms with E-state index in [9.17, 15) is 8.42 Å². The summed E-state index contributed by atoms with van der Waals surface area (Å²) in [7, 11) is -0.383. The quantitative estimate of drug-likeness (QED) is 0.186. The average molecular weight is 569 g/mol. The van der Waals surface area contributed by atoms with Crippen LogP contribution in [0.3, 0.4) is 0 Å². The second kappa shape index (κ2) is 12.3. The summed E-state index contributed by atoms with van der Waals surface area (Å²) in [6.45, 7) is 6.79. The van der Waals surface area contributed by atoms with Crippen LogP contribution >= 0.6 is 35.3 Å². The van der Waals surface area contributed by atoms with Crippen LogP contribution in [0.25, 0.3) is 0 Å². The number of aliphatic imine (C=N–C) groups is 1. The molecule has 11 heteroatoms. The number of ether oxygens (including phenoxy) is 2. The number of nitrogens with zero attached hydrogens (tertiary/aromatic N) is 1. The smallest absolute Gasteiger partial charge is 0.241 e. The second-order valence-corrected chi connectivity index (χ2v) is 9.33. The standard InChI is InChI=1S/C19H28N4O4S2.HI/c1-6-20-19(23-15-7-8-16(26-4)17(12-15)27-5)21-9-10-22-29(24,25)18-11-13(2)28-14(18)3;/h7-8,11-12,22H,6,9-10H2,1-5H3,(H2,20,21,23);1H. The third-order valence-electron chi connectivity index (χ3n) is 3.95. The normalized spacial score (nSPS) is 11.6. The lowest BCUT2D eigenvalue weighted by molar-refractivity contribution is 0.355. The van der Waals surface area contributed by atoms with Crippen molar-refractivity contribution in [1.29, 1.82) is 0 Å². The first kappa shape index (κ1) is 26.5. The Labute approximate surface area is 199 Å². The number of thiophene rings is 1. The topological polar surface area (TPSA) is 101 Å². The van der Waals surface area contributed by atoms with E-state index in [1.807, 2.05) is 19.9 Å². The van der Waals surface area contributed by atoms with Gasteiger partial charge < -0.3 is 20.1 Å². The van der Waals surface area contributed by atoms with Crippen LogP contribution in [0.15, 0.2) is 34.2 Å². The number of aryl methyl sites for hydroxylation is 2. The number of methoxy groups -OCH3 is 2. The molecule has 0 atom stereocenters. The lowest BCUT2D eigenvalue weighted by Gasteiger charge is -2.14. The molecule has 0 aliphatic carbocycles. The van der Waals surface area contributed by atoms with E-state index in [2.05, 4.69) is 20.3 Å². The molecule has 168 valence electrons. The molecular weight excluding hydrogens is 539 g/mol. The summed E-state index contributed by atoms with van der Waals surface area (Å²) in [5, 5.41) is 6.31. The van der Waals surface area contributed by atoms with Gasteiger partial charge in [-0.1, -0.05) is 0 Å². The van der Waals surface area contributed by atoms with E-state index >= 15 is 0 Å². The molecule has 3 N–H and O–H groups in total. The fraction of sp³-hybridized carbons (Fsp3) is 0.421. The Hall–Kier alpha value is -1.57. The van der Waals surface area contributed by atoms with Crippen molar-refractivity contribution in [1.82, 2.24) is 10.0 Å². The lowest BCUT2D eigenvalue weighted by Crippen LogP contribution is -2.32. The first-order valence-corrected chi connectivity index (χ1v) is 11.4. The molecule has 0 bridgehead atoms. The maximum Gasteiger partial charge on any atom is 0.241 e.